The number of aliphatic hydroxyl groups is 1. The van der Waals surface area contributed by atoms with Crippen LogP contribution in [-0.4, -0.2) is 36.5 Å². The average Bonchev–Trinajstić information content (AvgIpc) is 2.81. The molecule has 1 aliphatic heterocycles. The summed E-state index contributed by atoms with van der Waals surface area (Å²) in [5.41, 5.74) is 2.97. The first-order valence-corrected chi connectivity index (χ1v) is 12.0. The zero-order valence-corrected chi connectivity index (χ0v) is 19.6. The van der Waals surface area contributed by atoms with Crippen molar-refractivity contribution in [1.82, 2.24) is 10.6 Å². The summed E-state index contributed by atoms with van der Waals surface area (Å²) in [7, 11) is 0. The molecule has 1 unspecified atom stereocenters. The van der Waals surface area contributed by atoms with E-state index in [-0.39, 0.29) is 17.7 Å². The van der Waals surface area contributed by atoms with Crippen molar-refractivity contribution in [2.75, 3.05) is 25.5 Å². The number of hydrogen-bond acceptors (Lipinski definition) is 3. The normalized spacial score (nSPS) is 18.4. The van der Waals surface area contributed by atoms with E-state index >= 15 is 0 Å². The van der Waals surface area contributed by atoms with E-state index in [1.165, 1.54) is 5.56 Å². The highest BCUT2D eigenvalue weighted by molar-refractivity contribution is 6.33. The third-order valence-corrected chi connectivity index (χ3v) is 6.81. The number of benzene rings is 2. The Balaban J connectivity index is 2.00. The lowest BCUT2D eigenvalue weighted by Gasteiger charge is -2.40. The van der Waals surface area contributed by atoms with E-state index in [1.807, 2.05) is 24.3 Å². The number of amides is 1. The SMILES string of the molecule is CCc1cccc(-c2c(Cl)cccc2C(O)(CCCNC(=O)CCl)[C@@H]2CCCNC2)c1. The summed E-state index contributed by atoms with van der Waals surface area (Å²) < 4.78 is 0. The van der Waals surface area contributed by atoms with Gasteiger partial charge in [-0.1, -0.05) is 54.9 Å². The maximum atomic E-state index is 12.2. The molecule has 4 nitrogen and oxygen atoms in total. The number of hydrogen-bond donors (Lipinski definition) is 3. The molecule has 3 rings (SSSR count). The second kappa shape index (κ2) is 11.3. The highest BCUT2D eigenvalue weighted by Gasteiger charge is 2.40. The van der Waals surface area contributed by atoms with Gasteiger partial charge in [0.25, 0.3) is 0 Å². The number of carbonyl (C=O) groups excluding carboxylic acids is 1. The van der Waals surface area contributed by atoms with Crippen molar-refractivity contribution in [1.29, 1.82) is 0 Å². The van der Waals surface area contributed by atoms with Crippen LogP contribution in [0.25, 0.3) is 11.1 Å². The molecule has 2 atom stereocenters. The third kappa shape index (κ3) is 5.81. The van der Waals surface area contributed by atoms with E-state index in [4.69, 9.17) is 23.2 Å². The molecule has 0 aromatic heterocycles. The molecular weight excluding hydrogens is 431 g/mol. The van der Waals surface area contributed by atoms with Gasteiger partial charge in [-0.2, -0.15) is 0 Å². The van der Waals surface area contributed by atoms with E-state index < -0.39 is 5.60 Å². The Morgan fingerprint density at radius 3 is 2.81 bits per heavy atom. The van der Waals surface area contributed by atoms with Crippen LogP contribution in [0, 0.1) is 5.92 Å². The van der Waals surface area contributed by atoms with Crippen LogP contribution in [0.3, 0.4) is 0 Å². The van der Waals surface area contributed by atoms with Crippen LogP contribution in [0.1, 0.15) is 43.7 Å². The molecule has 2 aromatic carbocycles. The summed E-state index contributed by atoms with van der Waals surface area (Å²) in [4.78, 5) is 11.5. The minimum atomic E-state index is -1.05. The van der Waals surface area contributed by atoms with Gasteiger partial charge in [-0.15, -0.1) is 11.6 Å². The molecule has 6 heteroatoms. The molecule has 1 heterocycles. The molecule has 0 aliphatic carbocycles. The number of aryl methyl sites for hydroxylation is 1. The Morgan fingerprint density at radius 2 is 2.10 bits per heavy atom. The molecule has 0 spiro atoms. The summed E-state index contributed by atoms with van der Waals surface area (Å²) in [6.07, 6.45) is 4.08. The second-order valence-corrected chi connectivity index (χ2v) is 8.95. The summed E-state index contributed by atoms with van der Waals surface area (Å²) >= 11 is 12.3. The number of piperidine rings is 1. The summed E-state index contributed by atoms with van der Waals surface area (Å²) in [6, 6.07) is 14.2. The van der Waals surface area contributed by atoms with Gasteiger partial charge in [0.2, 0.25) is 5.91 Å². The predicted octanol–water partition coefficient (Wildman–Crippen LogP) is 4.89. The van der Waals surface area contributed by atoms with Crippen LogP contribution >= 0.6 is 23.2 Å². The van der Waals surface area contributed by atoms with Gasteiger partial charge in [0.1, 0.15) is 5.88 Å². The Morgan fingerprint density at radius 1 is 1.29 bits per heavy atom. The van der Waals surface area contributed by atoms with Crippen LogP contribution < -0.4 is 10.6 Å². The monoisotopic (exact) mass is 462 g/mol. The van der Waals surface area contributed by atoms with Gasteiger partial charge in [0.15, 0.2) is 0 Å². The molecule has 1 saturated heterocycles. The fraction of sp³-hybridized carbons (Fsp3) is 0.480. The standard InChI is InChI=1S/C25H32Cl2N2O2/c1-2-18-7-3-8-19(15-18)24-21(10-4-11-22(24)27)25(31,20-9-5-13-28-17-20)12-6-14-29-23(30)16-26/h3-4,7-8,10-11,15,20,28,31H,2,5-6,9,12-14,16-17H2,1H3,(H,29,30)/t20-,25?/m1/s1. The molecule has 0 radical (unpaired) electrons. The first-order chi connectivity index (χ1) is 15.0. The Bertz CT molecular complexity index is 884. The molecule has 1 fully saturated rings. The largest absolute Gasteiger partial charge is 0.385 e. The molecule has 0 saturated carbocycles. The minimum Gasteiger partial charge on any atom is -0.385 e. The summed E-state index contributed by atoms with van der Waals surface area (Å²) in [5.74, 6) is -0.177. The van der Waals surface area contributed by atoms with E-state index in [1.54, 1.807) is 0 Å². The van der Waals surface area contributed by atoms with Crippen molar-refractivity contribution < 1.29 is 9.90 Å². The van der Waals surface area contributed by atoms with E-state index in [0.29, 0.717) is 24.4 Å². The van der Waals surface area contributed by atoms with E-state index in [2.05, 4.69) is 35.8 Å². The van der Waals surface area contributed by atoms with Gasteiger partial charge in [-0.25, -0.2) is 0 Å². The molecule has 0 bridgehead atoms. The molecular formula is C25H32Cl2N2O2. The minimum absolute atomic E-state index is 0.0526. The predicted molar refractivity (Wildman–Crippen MR) is 129 cm³/mol. The number of alkyl halides is 1. The van der Waals surface area contributed by atoms with Crippen molar-refractivity contribution in [3.8, 4) is 11.1 Å². The number of halogens is 2. The van der Waals surface area contributed by atoms with Gasteiger partial charge < -0.3 is 15.7 Å². The maximum Gasteiger partial charge on any atom is 0.234 e. The summed E-state index contributed by atoms with van der Waals surface area (Å²) in [5, 5.41) is 19.1. The van der Waals surface area contributed by atoms with Crippen molar-refractivity contribution in [2.24, 2.45) is 5.92 Å². The van der Waals surface area contributed by atoms with Crippen molar-refractivity contribution in [3.05, 3.63) is 58.6 Å². The van der Waals surface area contributed by atoms with Crippen molar-refractivity contribution >= 4 is 29.1 Å². The highest BCUT2D eigenvalue weighted by atomic mass is 35.5. The third-order valence-electron chi connectivity index (χ3n) is 6.25. The molecule has 3 N–H and O–H groups in total. The van der Waals surface area contributed by atoms with Gasteiger partial charge in [-0.3, -0.25) is 4.79 Å². The van der Waals surface area contributed by atoms with Gasteiger partial charge in [-0.05, 0) is 61.4 Å². The smallest absolute Gasteiger partial charge is 0.234 e. The first kappa shape index (κ1) is 24.1. The molecule has 31 heavy (non-hydrogen) atoms. The van der Waals surface area contributed by atoms with Gasteiger partial charge in [0.05, 0.1) is 5.60 Å². The van der Waals surface area contributed by atoms with Crippen LogP contribution in [0.2, 0.25) is 5.02 Å². The average molecular weight is 463 g/mol. The van der Waals surface area contributed by atoms with Gasteiger partial charge in [0, 0.05) is 29.6 Å². The van der Waals surface area contributed by atoms with Crippen LogP contribution in [0.4, 0.5) is 0 Å². The quantitative estimate of drug-likeness (QED) is 0.367. The van der Waals surface area contributed by atoms with Crippen LogP contribution in [-0.2, 0) is 16.8 Å². The van der Waals surface area contributed by atoms with Gasteiger partial charge >= 0.3 is 0 Å². The zero-order valence-electron chi connectivity index (χ0n) is 18.1. The summed E-state index contributed by atoms with van der Waals surface area (Å²) in [6.45, 7) is 4.34. The molecule has 1 aliphatic rings. The lowest BCUT2D eigenvalue weighted by Crippen LogP contribution is -2.45. The van der Waals surface area contributed by atoms with Crippen LogP contribution in [0.15, 0.2) is 42.5 Å². The first-order valence-electron chi connectivity index (χ1n) is 11.1. The number of nitrogens with one attached hydrogen (secondary N) is 2. The molecule has 168 valence electrons. The van der Waals surface area contributed by atoms with E-state index in [0.717, 1.165) is 49.0 Å². The number of rotatable bonds is 9. The van der Waals surface area contributed by atoms with E-state index in [9.17, 15) is 9.90 Å². The zero-order chi connectivity index (χ0) is 22.3. The fourth-order valence-electron chi connectivity index (χ4n) is 4.58. The Labute approximate surface area is 195 Å². The maximum absolute atomic E-state index is 12.2. The Kier molecular flexibility index (Phi) is 8.79. The lowest BCUT2D eigenvalue weighted by atomic mass is 9.72. The molecule has 2 aromatic rings. The van der Waals surface area contributed by atoms with Crippen molar-refractivity contribution in [3.63, 3.8) is 0 Å². The fourth-order valence-corrected chi connectivity index (χ4v) is 4.95. The lowest BCUT2D eigenvalue weighted by molar-refractivity contribution is -0.118. The van der Waals surface area contributed by atoms with Crippen LogP contribution in [0.5, 0.6) is 0 Å². The Hall–Kier alpha value is -1.59. The second-order valence-electron chi connectivity index (χ2n) is 8.27. The highest BCUT2D eigenvalue weighted by Crippen LogP contribution is 2.44. The topological polar surface area (TPSA) is 61.4 Å². The number of carbonyl (C=O) groups is 1. The van der Waals surface area contributed by atoms with Crippen molar-refractivity contribution in [2.45, 2.75) is 44.6 Å². The molecule has 1 amide bonds.